The maximum atomic E-state index is 5.39. The van der Waals surface area contributed by atoms with Gasteiger partial charge in [-0.3, -0.25) is 0 Å². The molecule has 0 radical (unpaired) electrons. The first kappa shape index (κ1) is 14.0. The van der Waals surface area contributed by atoms with Gasteiger partial charge in [-0.2, -0.15) is 0 Å². The highest BCUT2D eigenvalue weighted by molar-refractivity contribution is 9.08. The summed E-state index contributed by atoms with van der Waals surface area (Å²) in [7, 11) is 6.37. The number of alkyl halides is 1. The highest BCUT2D eigenvalue weighted by Crippen LogP contribution is 2.49. The molecule has 1 rings (SSSR count). The van der Waals surface area contributed by atoms with Gasteiger partial charge < -0.3 is 18.9 Å². The van der Waals surface area contributed by atoms with Crippen molar-refractivity contribution in [1.82, 2.24) is 0 Å². The second kappa shape index (κ2) is 6.00. The molecule has 0 unspecified atom stereocenters. The summed E-state index contributed by atoms with van der Waals surface area (Å²) < 4.78 is 21.4. The molecule has 0 saturated heterocycles. The maximum absolute atomic E-state index is 5.39. The summed E-state index contributed by atoms with van der Waals surface area (Å²) in [4.78, 5) is 0. The zero-order chi connectivity index (χ0) is 13.0. The molecule has 0 atom stereocenters. The summed E-state index contributed by atoms with van der Waals surface area (Å²) >= 11 is 3.44. The van der Waals surface area contributed by atoms with Crippen molar-refractivity contribution in [3.05, 3.63) is 11.1 Å². The Balaban J connectivity index is 3.66. The van der Waals surface area contributed by atoms with Crippen LogP contribution in [0.3, 0.4) is 0 Å². The molecule has 0 saturated carbocycles. The largest absolute Gasteiger partial charge is 0.492 e. The van der Waals surface area contributed by atoms with Crippen molar-refractivity contribution < 1.29 is 18.9 Å². The van der Waals surface area contributed by atoms with E-state index in [1.165, 1.54) is 0 Å². The fourth-order valence-electron chi connectivity index (χ4n) is 1.81. The maximum Gasteiger partial charge on any atom is 0.207 e. The number of hydrogen-bond donors (Lipinski definition) is 0. The van der Waals surface area contributed by atoms with Crippen LogP contribution < -0.4 is 18.9 Å². The van der Waals surface area contributed by atoms with Crippen molar-refractivity contribution in [1.29, 1.82) is 0 Å². The van der Waals surface area contributed by atoms with E-state index >= 15 is 0 Å². The zero-order valence-electron chi connectivity index (χ0n) is 10.7. The van der Waals surface area contributed by atoms with Gasteiger partial charge in [0, 0.05) is 16.5 Å². The van der Waals surface area contributed by atoms with Crippen molar-refractivity contribution in [2.45, 2.75) is 12.3 Å². The lowest BCUT2D eigenvalue weighted by Crippen LogP contribution is -2.03. The van der Waals surface area contributed by atoms with E-state index in [-0.39, 0.29) is 0 Å². The Hall–Kier alpha value is -1.10. The van der Waals surface area contributed by atoms with E-state index in [4.69, 9.17) is 18.9 Å². The molecule has 0 aromatic heterocycles. The second-order valence-corrected chi connectivity index (χ2v) is 3.93. The lowest BCUT2D eigenvalue weighted by molar-refractivity contribution is 0.303. The molecule has 0 fully saturated rings. The Kier molecular flexibility index (Phi) is 4.93. The van der Waals surface area contributed by atoms with Crippen molar-refractivity contribution >= 4 is 15.9 Å². The van der Waals surface area contributed by atoms with E-state index in [0.717, 1.165) is 11.1 Å². The van der Waals surface area contributed by atoms with Crippen molar-refractivity contribution in [2.75, 3.05) is 28.4 Å². The van der Waals surface area contributed by atoms with Crippen molar-refractivity contribution in [3.63, 3.8) is 0 Å². The molecule has 0 heterocycles. The summed E-state index contributed by atoms with van der Waals surface area (Å²) in [6, 6.07) is 0. The molecule has 0 bridgehead atoms. The van der Waals surface area contributed by atoms with Gasteiger partial charge in [-0.05, 0) is 6.92 Å². The molecule has 96 valence electrons. The van der Waals surface area contributed by atoms with E-state index in [9.17, 15) is 0 Å². The highest BCUT2D eigenvalue weighted by atomic mass is 79.9. The minimum absolute atomic E-state index is 0.548. The standard InChI is InChI=1S/C12H17BrO4/c1-7-8(6-13)10(15-3)12(17-5)11(16-4)9(7)14-2/h6H2,1-5H3. The molecule has 17 heavy (non-hydrogen) atoms. The van der Waals surface area contributed by atoms with Gasteiger partial charge >= 0.3 is 0 Å². The molecule has 0 N–H and O–H groups in total. The first-order valence-electron chi connectivity index (χ1n) is 5.07. The first-order valence-corrected chi connectivity index (χ1v) is 6.19. The molecule has 0 aliphatic rings. The Bertz CT molecular complexity index is 371. The molecule has 0 amide bonds. The van der Waals surface area contributed by atoms with Crippen LogP contribution in [0.1, 0.15) is 11.1 Å². The highest BCUT2D eigenvalue weighted by Gasteiger charge is 2.24. The summed E-state index contributed by atoms with van der Waals surface area (Å²) in [5.41, 5.74) is 1.96. The van der Waals surface area contributed by atoms with Crippen LogP contribution in [0.25, 0.3) is 0 Å². The molecular weight excluding hydrogens is 288 g/mol. The molecular formula is C12H17BrO4. The van der Waals surface area contributed by atoms with Gasteiger partial charge in [-0.15, -0.1) is 0 Å². The van der Waals surface area contributed by atoms with Crippen molar-refractivity contribution in [2.24, 2.45) is 0 Å². The third-order valence-electron chi connectivity index (χ3n) is 2.64. The quantitative estimate of drug-likeness (QED) is 0.784. The topological polar surface area (TPSA) is 36.9 Å². The molecule has 1 aromatic rings. The Morgan fingerprint density at radius 1 is 0.765 bits per heavy atom. The van der Waals surface area contributed by atoms with Crippen LogP contribution in [0.4, 0.5) is 0 Å². The zero-order valence-corrected chi connectivity index (χ0v) is 12.3. The van der Waals surface area contributed by atoms with E-state index < -0.39 is 0 Å². The van der Waals surface area contributed by atoms with Gasteiger partial charge in [0.15, 0.2) is 11.5 Å². The predicted molar refractivity (Wildman–Crippen MR) is 70.0 cm³/mol. The van der Waals surface area contributed by atoms with E-state index in [1.54, 1.807) is 28.4 Å². The van der Waals surface area contributed by atoms with E-state index in [0.29, 0.717) is 28.3 Å². The monoisotopic (exact) mass is 304 g/mol. The van der Waals surface area contributed by atoms with Crippen LogP contribution in [0, 0.1) is 6.92 Å². The molecule has 0 aliphatic heterocycles. The van der Waals surface area contributed by atoms with Crippen LogP contribution in [0.5, 0.6) is 23.0 Å². The Labute approximate surface area is 110 Å². The number of rotatable bonds is 5. The van der Waals surface area contributed by atoms with Crippen LogP contribution in [0.2, 0.25) is 0 Å². The normalized spacial score (nSPS) is 10.0. The van der Waals surface area contributed by atoms with Gasteiger partial charge in [0.1, 0.15) is 0 Å². The van der Waals surface area contributed by atoms with E-state index in [1.807, 2.05) is 6.92 Å². The third-order valence-corrected chi connectivity index (χ3v) is 3.20. The summed E-state index contributed by atoms with van der Waals surface area (Å²) in [6.45, 7) is 1.96. The molecule has 5 heteroatoms. The molecule has 1 aromatic carbocycles. The van der Waals surface area contributed by atoms with Gasteiger partial charge in [-0.1, -0.05) is 15.9 Å². The fraction of sp³-hybridized carbons (Fsp3) is 0.500. The average Bonchev–Trinajstić information content (AvgIpc) is 2.36. The Morgan fingerprint density at radius 3 is 1.53 bits per heavy atom. The average molecular weight is 305 g/mol. The van der Waals surface area contributed by atoms with Crippen LogP contribution >= 0.6 is 15.9 Å². The molecule has 4 nitrogen and oxygen atoms in total. The van der Waals surface area contributed by atoms with Gasteiger partial charge in [-0.25, -0.2) is 0 Å². The van der Waals surface area contributed by atoms with Gasteiger partial charge in [0.2, 0.25) is 11.5 Å². The number of hydrogen-bond acceptors (Lipinski definition) is 4. The summed E-state index contributed by atoms with van der Waals surface area (Å²) in [5, 5.41) is 0.652. The molecule has 0 spiro atoms. The molecule has 0 aliphatic carbocycles. The minimum atomic E-state index is 0.548. The number of benzene rings is 1. The van der Waals surface area contributed by atoms with Crippen LogP contribution in [0.15, 0.2) is 0 Å². The van der Waals surface area contributed by atoms with Crippen LogP contribution in [-0.4, -0.2) is 28.4 Å². The summed E-state index contributed by atoms with van der Waals surface area (Å²) in [6.07, 6.45) is 0. The second-order valence-electron chi connectivity index (χ2n) is 3.37. The van der Waals surface area contributed by atoms with E-state index in [2.05, 4.69) is 15.9 Å². The van der Waals surface area contributed by atoms with Crippen molar-refractivity contribution in [3.8, 4) is 23.0 Å². The fourth-order valence-corrected chi connectivity index (χ4v) is 2.49. The smallest absolute Gasteiger partial charge is 0.207 e. The number of halogens is 1. The number of ether oxygens (including phenoxy) is 4. The third kappa shape index (κ3) is 2.29. The van der Waals surface area contributed by atoms with Gasteiger partial charge in [0.25, 0.3) is 0 Å². The lowest BCUT2D eigenvalue weighted by Gasteiger charge is -2.20. The first-order chi connectivity index (χ1) is 8.15. The van der Waals surface area contributed by atoms with Gasteiger partial charge in [0.05, 0.1) is 28.4 Å². The number of methoxy groups -OCH3 is 4. The SMILES string of the molecule is COc1c(C)c(CBr)c(OC)c(OC)c1OC. The predicted octanol–water partition coefficient (Wildman–Crippen LogP) is 2.92. The minimum Gasteiger partial charge on any atom is -0.492 e. The lowest BCUT2D eigenvalue weighted by atomic mass is 10.1. The van der Waals surface area contributed by atoms with Crippen LogP contribution in [-0.2, 0) is 5.33 Å². The summed E-state index contributed by atoms with van der Waals surface area (Å²) in [5.74, 6) is 2.43. The Morgan fingerprint density at radius 2 is 1.18 bits per heavy atom.